The molecule has 0 radical (unpaired) electrons. The number of likely N-dealkylation sites (tertiary alicyclic amines) is 1. The number of ether oxygens (including phenoxy) is 1. The smallest absolute Gasteiger partial charge is 0.221 e. The lowest BCUT2D eigenvalue weighted by molar-refractivity contribution is -0.114. The van der Waals surface area contributed by atoms with E-state index in [9.17, 15) is 4.79 Å². The van der Waals surface area contributed by atoms with Gasteiger partial charge in [0.25, 0.3) is 0 Å². The van der Waals surface area contributed by atoms with E-state index in [1.807, 2.05) is 24.3 Å². The number of halogens is 1. The zero-order chi connectivity index (χ0) is 23.0. The lowest BCUT2D eigenvalue weighted by Crippen LogP contribution is -2.50. The minimum Gasteiger partial charge on any atom is -0.373 e. The molecule has 2 aliphatic rings. The van der Waals surface area contributed by atoms with Crippen LogP contribution < -0.4 is 10.6 Å². The van der Waals surface area contributed by atoms with E-state index in [2.05, 4.69) is 57.7 Å². The lowest BCUT2D eigenvalue weighted by Gasteiger charge is -2.36. The maximum Gasteiger partial charge on any atom is 0.221 e. The van der Waals surface area contributed by atoms with Gasteiger partial charge in [0.1, 0.15) is 0 Å². The molecule has 7 nitrogen and oxygen atoms in total. The summed E-state index contributed by atoms with van der Waals surface area (Å²) >= 11 is 0. The molecular weight excluding hydrogens is 541 g/mol. The summed E-state index contributed by atoms with van der Waals surface area (Å²) in [5.74, 6) is 0.908. The van der Waals surface area contributed by atoms with Crippen molar-refractivity contribution in [1.29, 1.82) is 0 Å². The molecule has 2 aromatic rings. The zero-order valence-corrected chi connectivity index (χ0v) is 22.4. The number of hydrogen-bond acceptors (Lipinski definition) is 4. The molecule has 2 heterocycles. The van der Waals surface area contributed by atoms with Gasteiger partial charge >= 0.3 is 0 Å². The molecule has 2 atom stereocenters. The Morgan fingerprint density at radius 2 is 1.85 bits per heavy atom. The standard InChI is InChI=1S/C26H35N5O2.HI/c1-3-27-26(28-14-13-21-9-11-23(12-10-21)29-20(2)32)31-18-24-25(19-31)33-16-15-30(24)17-22-7-5-4-6-8-22;/h4-12,24-25H,3,13-19H2,1-2H3,(H,27,28)(H,29,32);1H. The summed E-state index contributed by atoms with van der Waals surface area (Å²) in [5.41, 5.74) is 3.38. The van der Waals surface area contributed by atoms with Crippen LogP contribution in [0, 0.1) is 0 Å². The normalized spacial score (nSPS) is 20.4. The third-order valence-electron chi connectivity index (χ3n) is 6.22. The Morgan fingerprint density at radius 3 is 2.56 bits per heavy atom. The molecule has 0 saturated carbocycles. The summed E-state index contributed by atoms with van der Waals surface area (Å²) in [5, 5.41) is 6.27. The number of benzene rings is 2. The zero-order valence-electron chi connectivity index (χ0n) is 20.1. The highest BCUT2D eigenvalue weighted by atomic mass is 127. The minimum atomic E-state index is -0.0554. The molecule has 2 aromatic carbocycles. The molecule has 2 N–H and O–H groups in total. The van der Waals surface area contributed by atoms with Crippen molar-refractivity contribution in [3.63, 3.8) is 0 Å². The predicted molar refractivity (Wildman–Crippen MR) is 148 cm³/mol. The van der Waals surface area contributed by atoms with Gasteiger partial charge in [0.15, 0.2) is 5.96 Å². The van der Waals surface area contributed by atoms with Crippen LogP contribution in [0.15, 0.2) is 59.6 Å². The van der Waals surface area contributed by atoms with Gasteiger partial charge < -0.3 is 20.3 Å². The third-order valence-corrected chi connectivity index (χ3v) is 6.22. The van der Waals surface area contributed by atoms with Crippen molar-refractivity contribution in [3.8, 4) is 0 Å². The molecule has 34 heavy (non-hydrogen) atoms. The summed E-state index contributed by atoms with van der Waals surface area (Å²) in [6.07, 6.45) is 1.07. The Labute approximate surface area is 220 Å². The molecule has 184 valence electrons. The van der Waals surface area contributed by atoms with Crippen molar-refractivity contribution < 1.29 is 9.53 Å². The first-order valence-corrected chi connectivity index (χ1v) is 11.9. The maximum absolute atomic E-state index is 11.2. The van der Waals surface area contributed by atoms with Crippen molar-refractivity contribution in [1.82, 2.24) is 15.1 Å². The highest BCUT2D eigenvalue weighted by Crippen LogP contribution is 2.24. The van der Waals surface area contributed by atoms with E-state index < -0.39 is 0 Å². The number of nitrogens with zero attached hydrogens (tertiary/aromatic N) is 3. The van der Waals surface area contributed by atoms with Crippen LogP contribution in [-0.4, -0.2) is 73.1 Å². The summed E-state index contributed by atoms with van der Waals surface area (Å²) < 4.78 is 6.14. The molecule has 0 bridgehead atoms. The van der Waals surface area contributed by atoms with Crippen LogP contribution in [-0.2, 0) is 22.5 Å². The van der Waals surface area contributed by atoms with Crippen molar-refractivity contribution in [2.45, 2.75) is 39.0 Å². The highest BCUT2D eigenvalue weighted by Gasteiger charge is 2.41. The van der Waals surface area contributed by atoms with Crippen LogP contribution in [0.2, 0.25) is 0 Å². The minimum absolute atomic E-state index is 0. The molecule has 0 spiro atoms. The number of aliphatic imine (C=N–C) groups is 1. The quantitative estimate of drug-likeness (QED) is 0.300. The molecule has 4 rings (SSSR count). The number of amides is 1. The monoisotopic (exact) mass is 577 g/mol. The van der Waals surface area contributed by atoms with Crippen LogP contribution >= 0.6 is 24.0 Å². The Kier molecular flexibility index (Phi) is 10.2. The molecule has 2 fully saturated rings. The van der Waals surface area contributed by atoms with Gasteiger partial charge in [0, 0.05) is 51.9 Å². The maximum atomic E-state index is 11.2. The largest absolute Gasteiger partial charge is 0.373 e. The van der Waals surface area contributed by atoms with Gasteiger partial charge in [0.2, 0.25) is 5.91 Å². The van der Waals surface area contributed by atoms with Crippen LogP contribution in [0.3, 0.4) is 0 Å². The first-order valence-electron chi connectivity index (χ1n) is 11.9. The number of anilines is 1. The molecule has 2 unspecified atom stereocenters. The SMILES string of the molecule is CCNC(=NCCc1ccc(NC(C)=O)cc1)N1CC2OCCN(Cc3ccccc3)C2C1.I. The van der Waals surface area contributed by atoms with E-state index >= 15 is 0 Å². The number of carbonyl (C=O) groups is 1. The third kappa shape index (κ3) is 7.16. The molecule has 0 aliphatic carbocycles. The number of rotatable bonds is 7. The van der Waals surface area contributed by atoms with Gasteiger partial charge in [0.05, 0.1) is 18.8 Å². The van der Waals surface area contributed by atoms with Gasteiger partial charge in [-0.3, -0.25) is 14.7 Å². The van der Waals surface area contributed by atoms with E-state index in [-0.39, 0.29) is 36.0 Å². The Balaban J connectivity index is 0.00000324. The predicted octanol–water partition coefficient (Wildman–Crippen LogP) is 3.36. The van der Waals surface area contributed by atoms with Gasteiger partial charge in [-0.1, -0.05) is 42.5 Å². The van der Waals surface area contributed by atoms with Crippen LogP contribution in [0.5, 0.6) is 0 Å². The fraction of sp³-hybridized carbons (Fsp3) is 0.462. The Morgan fingerprint density at radius 1 is 1.09 bits per heavy atom. The number of carbonyl (C=O) groups excluding carboxylic acids is 1. The molecule has 2 saturated heterocycles. The average Bonchev–Trinajstić information content (AvgIpc) is 3.25. The summed E-state index contributed by atoms with van der Waals surface area (Å²) in [6, 6.07) is 19.0. The van der Waals surface area contributed by atoms with E-state index in [0.29, 0.717) is 12.6 Å². The number of morpholine rings is 1. The lowest BCUT2D eigenvalue weighted by atomic mass is 10.1. The van der Waals surface area contributed by atoms with E-state index in [1.54, 1.807) is 0 Å². The van der Waals surface area contributed by atoms with Gasteiger partial charge in [-0.25, -0.2) is 0 Å². The first-order chi connectivity index (χ1) is 16.1. The fourth-order valence-electron chi connectivity index (χ4n) is 4.62. The van der Waals surface area contributed by atoms with Crippen LogP contribution in [0.4, 0.5) is 5.69 Å². The number of nitrogens with one attached hydrogen (secondary N) is 2. The highest BCUT2D eigenvalue weighted by molar-refractivity contribution is 14.0. The second kappa shape index (κ2) is 13.1. The Hall–Kier alpha value is -2.17. The summed E-state index contributed by atoms with van der Waals surface area (Å²) in [7, 11) is 0. The van der Waals surface area contributed by atoms with Gasteiger partial charge in [-0.2, -0.15) is 0 Å². The molecule has 1 amide bonds. The topological polar surface area (TPSA) is 69.2 Å². The molecule has 0 aromatic heterocycles. The number of guanidine groups is 1. The second-order valence-corrected chi connectivity index (χ2v) is 8.70. The van der Waals surface area contributed by atoms with Gasteiger partial charge in [-0.05, 0) is 36.6 Å². The first kappa shape index (κ1) is 26.4. The van der Waals surface area contributed by atoms with Crippen molar-refractivity contribution in [2.24, 2.45) is 4.99 Å². The van der Waals surface area contributed by atoms with E-state index in [1.165, 1.54) is 18.1 Å². The van der Waals surface area contributed by atoms with Gasteiger partial charge in [-0.15, -0.1) is 24.0 Å². The van der Waals surface area contributed by atoms with Crippen LogP contribution in [0.1, 0.15) is 25.0 Å². The summed E-state index contributed by atoms with van der Waals surface area (Å²) in [6.45, 7) is 9.68. The number of fused-ring (bicyclic) bond motifs is 1. The van der Waals surface area contributed by atoms with E-state index in [4.69, 9.17) is 9.73 Å². The Bertz CT molecular complexity index is 938. The van der Waals surface area contributed by atoms with Crippen molar-refractivity contribution in [3.05, 3.63) is 65.7 Å². The molecular formula is C26H36IN5O2. The van der Waals surface area contributed by atoms with Crippen molar-refractivity contribution >= 4 is 41.5 Å². The van der Waals surface area contributed by atoms with Crippen LogP contribution in [0.25, 0.3) is 0 Å². The summed E-state index contributed by atoms with van der Waals surface area (Å²) in [4.78, 5) is 21.0. The molecule has 2 aliphatic heterocycles. The fourth-order valence-corrected chi connectivity index (χ4v) is 4.62. The van der Waals surface area contributed by atoms with E-state index in [0.717, 1.165) is 57.4 Å². The molecule has 8 heteroatoms. The van der Waals surface area contributed by atoms with Crippen molar-refractivity contribution in [2.75, 3.05) is 44.6 Å². The average molecular weight is 578 g/mol. The number of hydrogen-bond donors (Lipinski definition) is 2. The second-order valence-electron chi connectivity index (χ2n) is 8.70.